The highest BCUT2D eigenvalue weighted by Gasteiger charge is 2.14. The van der Waals surface area contributed by atoms with Crippen molar-refractivity contribution >= 4 is 23.0 Å². The molecular formula is C15H16N2O2S. The van der Waals surface area contributed by atoms with Gasteiger partial charge >= 0.3 is 5.97 Å². The lowest BCUT2D eigenvalue weighted by Gasteiger charge is -2.17. The normalized spacial score (nSPS) is 14.6. The first-order chi connectivity index (χ1) is 9.78. The lowest BCUT2D eigenvalue weighted by molar-refractivity contribution is 0.0595. The second kappa shape index (κ2) is 5.63. The van der Waals surface area contributed by atoms with Gasteiger partial charge in [0.05, 0.1) is 7.11 Å². The van der Waals surface area contributed by atoms with Crippen LogP contribution in [0.15, 0.2) is 29.6 Å². The van der Waals surface area contributed by atoms with Gasteiger partial charge in [-0.3, -0.25) is 0 Å². The molecule has 1 aromatic heterocycles. The Hall–Kier alpha value is -1.88. The average Bonchev–Trinajstić information content (AvgIpc) is 3.18. The van der Waals surface area contributed by atoms with Crippen molar-refractivity contribution in [1.82, 2.24) is 4.98 Å². The number of carbonyl (C=O) groups is 1. The lowest BCUT2D eigenvalue weighted by Crippen LogP contribution is -2.17. The van der Waals surface area contributed by atoms with E-state index in [9.17, 15) is 4.79 Å². The van der Waals surface area contributed by atoms with Gasteiger partial charge in [0.2, 0.25) is 0 Å². The number of nitrogens with zero attached hydrogens (tertiary/aromatic N) is 2. The molecule has 0 amide bonds. The molecule has 0 saturated carbocycles. The number of hydrogen-bond donors (Lipinski definition) is 0. The minimum atomic E-state index is -0.388. The summed E-state index contributed by atoms with van der Waals surface area (Å²) in [5.74, 6) is -0.388. The second-order valence-electron chi connectivity index (χ2n) is 4.77. The van der Waals surface area contributed by atoms with Crippen LogP contribution in [0.3, 0.4) is 0 Å². The van der Waals surface area contributed by atoms with Crippen LogP contribution in [0.2, 0.25) is 0 Å². The van der Waals surface area contributed by atoms with E-state index in [4.69, 9.17) is 0 Å². The predicted octanol–water partition coefficient (Wildman–Crippen LogP) is 3.20. The smallest absolute Gasteiger partial charge is 0.357 e. The quantitative estimate of drug-likeness (QED) is 0.813. The van der Waals surface area contributed by atoms with E-state index in [0.29, 0.717) is 5.69 Å². The zero-order valence-corrected chi connectivity index (χ0v) is 12.2. The molecule has 2 heterocycles. The number of benzene rings is 1. The third-order valence-corrected chi connectivity index (χ3v) is 4.38. The Balaban J connectivity index is 1.80. The van der Waals surface area contributed by atoms with Crippen LogP contribution >= 0.6 is 11.3 Å². The number of rotatable bonds is 3. The minimum Gasteiger partial charge on any atom is -0.464 e. The van der Waals surface area contributed by atoms with Gasteiger partial charge in [0.25, 0.3) is 0 Å². The fraction of sp³-hybridized carbons (Fsp3) is 0.333. The summed E-state index contributed by atoms with van der Waals surface area (Å²) >= 11 is 1.46. The molecule has 4 nitrogen and oxygen atoms in total. The molecule has 1 saturated heterocycles. The van der Waals surface area contributed by atoms with Crippen molar-refractivity contribution in [3.8, 4) is 10.6 Å². The molecule has 5 heteroatoms. The number of carbonyl (C=O) groups excluding carboxylic acids is 1. The Labute approximate surface area is 122 Å². The summed E-state index contributed by atoms with van der Waals surface area (Å²) in [6, 6.07) is 8.38. The largest absolute Gasteiger partial charge is 0.464 e. The molecule has 1 aliphatic rings. The zero-order valence-electron chi connectivity index (χ0n) is 11.3. The SMILES string of the molecule is COC(=O)c1csc(-c2ccc(N3CCCC3)cc2)n1. The Morgan fingerprint density at radius 1 is 1.25 bits per heavy atom. The van der Waals surface area contributed by atoms with Crippen molar-refractivity contribution in [1.29, 1.82) is 0 Å². The number of methoxy groups -OCH3 is 1. The Morgan fingerprint density at radius 3 is 2.60 bits per heavy atom. The Morgan fingerprint density at radius 2 is 1.95 bits per heavy atom. The molecule has 1 aromatic carbocycles. The molecule has 0 N–H and O–H groups in total. The van der Waals surface area contributed by atoms with Gasteiger partial charge in [0.15, 0.2) is 5.69 Å². The third kappa shape index (κ3) is 2.54. The standard InChI is InChI=1S/C15H16N2O2S/c1-19-15(18)13-10-20-14(16-13)11-4-6-12(7-5-11)17-8-2-3-9-17/h4-7,10H,2-3,8-9H2,1H3. The van der Waals surface area contributed by atoms with E-state index >= 15 is 0 Å². The number of thiazole rings is 1. The van der Waals surface area contributed by atoms with E-state index in [1.54, 1.807) is 5.38 Å². The predicted molar refractivity (Wildman–Crippen MR) is 80.3 cm³/mol. The summed E-state index contributed by atoms with van der Waals surface area (Å²) in [7, 11) is 1.37. The maximum absolute atomic E-state index is 11.4. The van der Waals surface area contributed by atoms with E-state index in [-0.39, 0.29) is 5.97 Å². The number of ether oxygens (including phenoxy) is 1. The summed E-state index contributed by atoms with van der Waals surface area (Å²) < 4.78 is 4.67. The maximum Gasteiger partial charge on any atom is 0.357 e. The molecule has 2 aromatic rings. The molecule has 0 unspecified atom stereocenters. The first-order valence-corrected chi connectivity index (χ1v) is 7.55. The van der Waals surface area contributed by atoms with Crippen molar-refractivity contribution < 1.29 is 9.53 Å². The van der Waals surface area contributed by atoms with E-state index in [1.807, 2.05) is 0 Å². The van der Waals surface area contributed by atoms with Gasteiger partial charge in [0.1, 0.15) is 5.01 Å². The van der Waals surface area contributed by atoms with E-state index < -0.39 is 0 Å². The summed E-state index contributed by atoms with van der Waals surface area (Å²) in [4.78, 5) is 18.1. The number of hydrogen-bond acceptors (Lipinski definition) is 5. The lowest BCUT2D eigenvalue weighted by atomic mass is 10.2. The second-order valence-corrected chi connectivity index (χ2v) is 5.63. The van der Waals surface area contributed by atoms with Gasteiger partial charge in [-0.15, -0.1) is 11.3 Å². The van der Waals surface area contributed by atoms with Crippen molar-refractivity contribution in [3.63, 3.8) is 0 Å². The van der Waals surface area contributed by atoms with Crippen molar-refractivity contribution in [3.05, 3.63) is 35.3 Å². The first kappa shape index (κ1) is 13.1. The van der Waals surface area contributed by atoms with Crippen LogP contribution in [-0.2, 0) is 4.74 Å². The van der Waals surface area contributed by atoms with Gasteiger partial charge in [-0.1, -0.05) is 0 Å². The minimum absolute atomic E-state index is 0.371. The third-order valence-electron chi connectivity index (χ3n) is 3.48. The van der Waals surface area contributed by atoms with Gasteiger partial charge in [0, 0.05) is 29.7 Å². The molecule has 0 atom stereocenters. The van der Waals surface area contributed by atoms with Gasteiger partial charge in [-0.2, -0.15) is 0 Å². The van der Waals surface area contributed by atoms with Gasteiger partial charge in [-0.25, -0.2) is 9.78 Å². The van der Waals surface area contributed by atoms with Crippen LogP contribution in [0, 0.1) is 0 Å². The van der Waals surface area contributed by atoms with Gasteiger partial charge in [-0.05, 0) is 37.1 Å². The van der Waals surface area contributed by atoms with Crippen molar-refractivity contribution in [2.24, 2.45) is 0 Å². The summed E-state index contributed by atoms with van der Waals surface area (Å²) in [5, 5.41) is 2.58. The van der Waals surface area contributed by atoms with Crippen molar-refractivity contribution in [2.75, 3.05) is 25.1 Å². The molecular weight excluding hydrogens is 272 g/mol. The van der Waals surface area contributed by atoms with E-state index in [1.165, 1.54) is 37.0 Å². The molecule has 3 rings (SSSR count). The van der Waals surface area contributed by atoms with Crippen molar-refractivity contribution in [2.45, 2.75) is 12.8 Å². The summed E-state index contributed by atoms with van der Waals surface area (Å²) in [6.07, 6.45) is 2.55. The molecule has 20 heavy (non-hydrogen) atoms. The molecule has 1 fully saturated rings. The Kier molecular flexibility index (Phi) is 3.69. The number of aromatic nitrogens is 1. The molecule has 104 valence electrons. The highest BCUT2D eigenvalue weighted by Crippen LogP contribution is 2.27. The molecule has 0 aliphatic carbocycles. The topological polar surface area (TPSA) is 42.4 Å². The van der Waals surface area contributed by atoms with Crippen LogP contribution in [0.25, 0.3) is 10.6 Å². The van der Waals surface area contributed by atoms with E-state index in [2.05, 4.69) is 38.9 Å². The number of esters is 1. The van der Waals surface area contributed by atoms with Crippen LogP contribution in [0.4, 0.5) is 5.69 Å². The number of anilines is 1. The molecule has 1 aliphatic heterocycles. The average molecular weight is 288 g/mol. The van der Waals surface area contributed by atoms with Crippen LogP contribution < -0.4 is 4.90 Å². The molecule has 0 bridgehead atoms. The van der Waals surface area contributed by atoms with E-state index in [0.717, 1.165) is 23.7 Å². The van der Waals surface area contributed by atoms with Gasteiger partial charge < -0.3 is 9.64 Å². The molecule has 0 radical (unpaired) electrons. The Bertz CT molecular complexity index is 601. The molecule has 0 spiro atoms. The van der Waals surface area contributed by atoms with Crippen LogP contribution in [-0.4, -0.2) is 31.2 Å². The summed E-state index contributed by atoms with van der Waals surface area (Å²) in [6.45, 7) is 2.28. The highest BCUT2D eigenvalue weighted by atomic mass is 32.1. The maximum atomic E-state index is 11.4. The fourth-order valence-electron chi connectivity index (χ4n) is 2.39. The van der Waals surface area contributed by atoms with Crippen LogP contribution in [0.5, 0.6) is 0 Å². The monoisotopic (exact) mass is 288 g/mol. The fourth-order valence-corrected chi connectivity index (χ4v) is 3.19. The zero-order chi connectivity index (χ0) is 13.9. The van der Waals surface area contributed by atoms with Crippen LogP contribution in [0.1, 0.15) is 23.3 Å². The first-order valence-electron chi connectivity index (χ1n) is 6.67. The summed E-state index contributed by atoms with van der Waals surface area (Å²) in [5.41, 5.74) is 2.67. The highest BCUT2D eigenvalue weighted by molar-refractivity contribution is 7.13.